The van der Waals surface area contributed by atoms with Crippen LogP contribution in [-0.2, 0) is 10.0 Å². The zero-order valence-electron chi connectivity index (χ0n) is 16.1. The summed E-state index contributed by atoms with van der Waals surface area (Å²) in [6.07, 6.45) is 2.05. The maximum Gasteiger partial charge on any atom is 0.251 e. The molecule has 0 unspecified atom stereocenters. The first-order chi connectivity index (χ1) is 13.2. The van der Waals surface area contributed by atoms with E-state index in [9.17, 15) is 13.2 Å². The van der Waals surface area contributed by atoms with Crippen LogP contribution >= 0.6 is 15.9 Å². The molecule has 0 saturated carbocycles. The van der Waals surface area contributed by atoms with Crippen molar-refractivity contribution >= 4 is 42.8 Å². The van der Waals surface area contributed by atoms with Gasteiger partial charge >= 0.3 is 0 Å². The molecular weight excluding hydrogens is 446 g/mol. The Bertz CT molecular complexity index is 965. The molecule has 3 rings (SSSR count). The van der Waals surface area contributed by atoms with Gasteiger partial charge in [-0.2, -0.15) is 5.10 Å². The lowest BCUT2D eigenvalue weighted by Crippen LogP contribution is -2.39. The standard InChI is InChI=1S/C18H26BrN5O3S/c1-23(2)6-3-9-28(26,27)24-7-4-12(5-8-24)16-14-10-13(19)11-15(18(20)25)17(14)22-21-16/h10-12H,3-9H2,1-2H3,(H2,20,25)(H,21,22). The number of rotatable bonds is 7. The van der Waals surface area contributed by atoms with Crippen molar-refractivity contribution in [2.45, 2.75) is 25.2 Å². The predicted octanol–water partition coefficient (Wildman–Crippen LogP) is 1.89. The van der Waals surface area contributed by atoms with E-state index < -0.39 is 15.9 Å². The third-order valence-corrected chi connectivity index (χ3v) is 7.60. The number of carbonyl (C=O) groups is 1. The van der Waals surface area contributed by atoms with Gasteiger partial charge in [0.15, 0.2) is 0 Å². The van der Waals surface area contributed by atoms with Crippen LogP contribution in [0.25, 0.3) is 10.9 Å². The molecule has 1 aromatic heterocycles. The third kappa shape index (κ3) is 4.56. The first-order valence-corrected chi connectivity index (χ1v) is 11.7. The molecule has 28 heavy (non-hydrogen) atoms. The molecule has 3 N–H and O–H groups in total. The topological polar surface area (TPSA) is 112 Å². The van der Waals surface area contributed by atoms with Crippen molar-refractivity contribution in [2.75, 3.05) is 39.5 Å². The Labute approximate surface area is 173 Å². The minimum absolute atomic E-state index is 0.160. The van der Waals surface area contributed by atoms with E-state index in [4.69, 9.17) is 5.73 Å². The molecule has 154 valence electrons. The number of H-pyrrole nitrogens is 1. The molecule has 1 aromatic carbocycles. The first-order valence-electron chi connectivity index (χ1n) is 9.29. The summed E-state index contributed by atoms with van der Waals surface area (Å²) in [6, 6.07) is 3.59. The Morgan fingerprint density at radius 3 is 2.64 bits per heavy atom. The molecule has 10 heteroatoms. The molecule has 0 aliphatic carbocycles. The zero-order valence-corrected chi connectivity index (χ0v) is 18.5. The summed E-state index contributed by atoms with van der Waals surface area (Å²) in [5.41, 5.74) is 7.33. The molecule has 0 spiro atoms. The number of hydrogen-bond acceptors (Lipinski definition) is 5. The van der Waals surface area contributed by atoms with Crippen LogP contribution in [0.2, 0.25) is 0 Å². The number of nitrogens with one attached hydrogen (secondary N) is 1. The van der Waals surface area contributed by atoms with Gasteiger partial charge in [-0.25, -0.2) is 12.7 Å². The number of amides is 1. The Kier molecular flexibility index (Phi) is 6.43. The second-order valence-corrected chi connectivity index (χ2v) is 10.5. The lowest BCUT2D eigenvalue weighted by Gasteiger charge is -2.31. The molecule has 0 bridgehead atoms. The van der Waals surface area contributed by atoms with E-state index in [2.05, 4.69) is 26.1 Å². The normalized spacial score (nSPS) is 16.9. The van der Waals surface area contributed by atoms with Crippen molar-refractivity contribution in [2.24, 2.45) is 5.73 Å². The van der Waals surface area contributed by atoms with E-state index in [0.717, 1.165) is 22.1 Å². The minimum atomic E-state index is -3.23. The monoisotopic (exact) mass is 471 g/mol. The number of aromatic amines is 1. The van der Waals surface area contributed by atoms with Gasteiger partial charge in [0, 0.05) is 34.6 Å². The van der Waals surface area contributed by atoms with E-state index in [1.165, 1.54) is 0 Å². The van der Waals surface area contributed by atoms with Gasteiger partial charge in [-0.1, -0.05) is 15.9 Å². The number of sulfonamides is 1. The van der Waals surface area contributed by atoms with Crippen molar-refractivity contribution in [1.29, 1.82) is 0 Å². The van der Waals surface area contributed by atoms with Crippen LogP contribution in [0.15, 0.2) is 16.6 Å². The van der Waals surface area contributed by atoms with Crippen molar-refractivity contribution in [1.82, 2.24) is 19.4 Å². The van der Waals surface area contributed by atoms with E-state index in [-0.39, 0.29) is 11.7 Å². The fourth-order valence-corrected chi connectivity index (χ4v) is 5.69. The smallest absolute Gasteiger partial charge is 0.251 e. The van der Waals surface area contributed by atoms with Crippen molar-refractivity contribution in [3.05, 3.63) is 27.9 Å². The molecule has 1 amide bonds. The van der Waals surface area contributed by atoms with Gasteiger partial charge in [0.2, 0.25) is 10.0 Å². The Morgan fingerprint density at radius 2 is 2.04 bits per heavy atom. The second kappa shape index (κ2) is 8.48. The molecule has 0 radical (unpaired) electrons. The Balaban J connectivity index is 1.73. The SMILES string of the molecule is CN(C)CCCS(=O)(=O)N1CCC(c2[nH]nc3c(C(N)=O)cc(Br)cc23)CC1. The van der Waals surface area contributed by atoms with Crippen molar-refractivity contribution in [3.8, 4) is 0 Å². The lowest BCUT2D eigenvalue weighted by atomic mass is 9.92. The third-order valence-electron chi connectivity index (χ3n) is 5.18. The second-order valence-electron chi connectivity index (χ2n) is 7.50. The number of carbonyl (C=O) groups excluding carboxylic acids is 1. The van der Waals surface area contributed by atoms with Crippen LogP contribution in [-0.4, -0.2) is 73.2 Å². The minimum Gasteiger partial charge on any atom is -0.366 e. The molecule has 2 aromatic rings. The summed E-state index contributed by atoms with van der Waals surface area (Å²) in [5.74, 6) is -0.186. The first kappa shape index (κ1) is 21.2. The predicted molar refractivity (Wildman–Crippen MR) is 113 cm³/mol. The van der Waals surface area contributed by atoms with Crippen LogP contribution in [0.4, 0.5) is 0 Å². The molecule has 1 saturated heterocycles. The summed E-state index contributed by atoms with van der Waals surface area (Å²) in [5, 5.41) is 8.21. The zero-order chi connectivity index (χ0) is 20.5. The number of primary amides is 1. The summed E-state index contributed by atoms with van der Waals surface area (Å²) in [6.45, 7) is 1.74. The highest BCUT2D eigenvalue weighted by Crippen LogP contribution is 2.34. The summed E-state index contributed by atoms with van der Waals surface area (Å²) >= 11 is 3.42. The highest BCUT2D eigenvalue weighted by molar-refractivity contribution is 9.10. The largest absolute Gasteiger partial charge is 0.366 e. The molecule has 1 aliphatic rings. The fourth-order valence-electron chi connectivity index (χ4n) is 3.72. The molecular formula is C18H26BrN5O3S. The number of halogens is 1. The summed E-state index contributed by atoms with van der Waals surface area (Å²) in [4.78, 5) is 13.7. The van der Waals surface area contributed by atoms with E-state index >= 15 is 0 Å². The number of nitrogens with zero attached hydrogens (tertiary/aromatic N) is 3. The summed E-state index contributed by atoms with van der Waals surface area (Å²) < 4.78 is 27.5. The quantitative estimate of drug-likeness (QED) is 0.639. The molecule has 1 aliphatic heterocycles. The van der Waals surface area contributed by atoms with Crippen LogP contribution in [0.3, 0.4) is 0 Å². The van der Waals surface area contributed by atoms with Gasteiger partial charge in [0.05, 0.1) is 11.3 Å². The maximum atomic E-state index is 12.6. The van der Waals surface area contributed by atoms with Crippen LogP contribution in [0.1, 0.15) is 41.2 Å². The maximum absolute atomic E-state index is 12.6. The average molecular weight is 472 g/mol. The number of benzene rings is 1. The lowest BCUT2D eigenvalue weighted by molar-refractivity contribution is 0.100. The number of fused-ring (bicyclic) bond motifs is 1. The van der Waals surface area contributed by atoms with Gasteiger partial charge in [0.1, 0.15) is 5.52 Å². The van der Waals surface area contributed by atoms with Crippen LogP contribution in [0, 0.1) is 0 Å². The highest BCUT2D eigenvalue weighted by Gasteiger charge is 2.30. The van der Waals surface area contributed by atoms with Crippen LogP contribution in [0.5, 0.6) is 0 Å². The van der Waals surface area contributed by atoms with E-state index in [1.807, 2.05) is 25.1 Å². The van der Waals surface area contributed by atoms with E-state index in [0.29, 0.717) is 43.4 Å². The van der Waals surface area contributed by atoms with Gasteiger partial charge < -0.3 is 10.6 Å². The van der Waals surface area contributed by atoms with Gasteiger partial charge in [-0.3, -0.25) is 9.89 Å². The fraction of sp³-hybridized carbons (Fsp3) is 0.556. The average Bonchev–Trinajstić information content (AvgIpc) is 3.04. The van der Waals surface area contributed by atoms with E-state index in [1.54, 1.807) is 10.4 Å². The van der Waals surface area contributed by atoms with Gasteiger partial charge in [-0.15, -0.1) is 0 Å². The van der Waals surface area contributed by atoms with Gasteiger partial charge in [-0.05, 0) is 52.0 Å². The molecule has 1 fully saturated rings. The number of aromatic nitrogens is 2. The molecule has 0 atom stereocenters. The number of hydrogen-bond donors (Lipinski definition) is 2. The summed E-state index contributed by atoms with van der Waals surface area (Å²) in [7, 11) is 0.652. The van der Waals surface area contributed by atoms with Crippen molar-refractivity contribution in [3.63, 3.8) is 0 Å². The van der Waals surface area contributed by atoms with Crippen LogP contribution < -0.4 is 5.73 Å². The number of piperidine rings is 1. The Hall–Kier alpha value is -1.49. The van der Waals surface area contributed by atoms with Crippen molar-refractivity contribution < 1.29 is 13.2 Å². The Morgan fingerprint density at radius 1 is 1.36 bits per heavy atom. The highest BCUT2D eigenvalue weighted by atomic mass is 79.9. The molecule has 8 nitrogen and oxygen atoms in total. The molecule has 2 heterocycles. The van der Waals surface area contributed by atoms with Gasteiger partial charge in [0.25, 0.3) is 5.91 Å². The number of nitrogens with two attached hydrogens (primary N) is 1.